The average molecular weight is 527 g/mol. The summed E-state index contributed by atoms with van der Waals surface area (Å²) in [5.74, 6) is 2.35. The fourth-order valence-corrected chi connectivity index (χ4v) is 3.30. The molecule has 2 aromatic heterocycles. The maximum absolute atomic E-state index is 4.80. The third-order valence-electron chi connectivity index (χ3n) is 4.89. The van der Waals surface area contributed by atoms with Crippen LogP contribution in [0.3, 0.4) is 0 Å². The first-order valence-corrected chi connectivity index (χ1v) is 10.6. The molecular formula is C29H25Fe2N3+4. The summed E-state index contributed by atoms with van der Waals surface area (Å²) in [6, 6.07) is 6.21. The van der Waals surface area contributed by atoms with E-state index in [0.29, 0.717) is 0 Å². The quantitative estimate of drug-likeness (QED) is 0.532. The molecule has 0 unspecified atom stereocenters. The molecule has 4 aliphatic carbocycles. The zero-order valence-corrected chi connectivity index (χ0v) is 20.7. The number of hydrogen-bond donors (Lipinski definition) is 0. The molecule has 5 heteroatoms. The third-order valence-corrected chi connectivity index (χ3v) is 4.89. The van der Waals surface area contributed by atoms with E-state index in [-0.39, 0.29) is 34.1 Å². The minimum atomic E-state index is 0. The van der Waals surface area contributed by atoms with Crippen LogP contribution in [0.5, 0.6) is 0 Å². The zero-order chi connectivity index (χ0) is 21.8. The van der Waals surface area contributed by atoms with Gasteiger partial charge in [0.15, 0.2) is 0 Å². The first kappa shape index (κ1) is 29.6. The van der Waals surface area contributed by atoms with Crippen molar-refractivity contribution in [1.82, 2.24) is 14.8 Å². The molecule has 0 bridgehead atoms. The number of pyridine rings is 1. The molecule has 0 atom stereocenters. The van der Waals surface area contributed by atoms with E-state index in [1.54, 1.807) is 0 Å². The molecule has 2 aromatic rings. The number of hydrogen-bond acceptors (Lipinski definition) is 2. The molecule has 0 spiro atoms. The summed E-state index contributed by atoms with van der Waals surface area (Å²) in [5, 5.41) is 4.80. The molecule has 6 rings (SSSR count). The van der Waals surface area contributed by atoms with Gasteiger partial charge >= 0.3 is 34.1 Å². The van der Waals surface area contributed by atoms with Crippen molar-refractivity contribution in [1.29, 1.82) is 0 Å². The number of aromatic nitrogens is 3. The maximum atomic E-state index is 4.80. The first-order chi connectivity index (χ1) is 15.9. The van der Waals surface area contributed by atoms with Gasteiger partial charge in [-0.05, 0) is 139 Å². The van der Waals surface area contributed by atoms with Crippen LogP contribution in [0.2, 0.25) is 0 Å². The second kappa shape index (κ2) is 17.0. The molecule has 0 N–H and O–H groups in total. The molecule has 34 heavy (non-hydrogen) atoms. The average Bonchev–Trinajstić information content (AvgIpc) is 3.68. The van der Waals surface area contributed by atoms with Gasteiger partial charge in [-0.15, -0.1) is 0 Å². The molecule has 0 aromatic carbocycles. The minimum Gasteiger partial charge on any atom is -0.265 e. The molecular weight excluding hydrogens is 502 g/mol. The summed E-state index contributed by atoms with van der Waals surface area (Å²) in [7, 11) is 0. The van der Waals surface area contributed by atoms with Gasteiger partial charge in [0.2, 0.25) is 0 Å². The van der Waals surface area contributed by atoms with Gasteiger partial charge < -0.3 is 0 Å². The summed E-state index contributed by atoms with van der Waals surface area (Å²) in [6.45, 7) is 0.740. The van der Waals surface area contributed by atoms with Gasteiger partial charge in [-0.1, -0.05) is 0 Å². The van der Waals surface area contributed by atoms with E-state index in [9.17, 15) is 0 Å². The van der Waals surface area contributed by atoms with Gasteiger partial charge in [-0.3, -0.25) is 9.67 Å². The van der Waals surface area contributed by atoms with E-state index in [2.05, 4.69) is 54.3 Å². The maximum Gasteiger partial charge on any atom is 2.00 e. The van der Waals surface area contributed by atoms with Gasteiger partial charge in [0.05, 0.1) is 12.2 Å². The van der Waals surface area contributed by atoms with E-state index in [0.717, 1.165) is 23.9 Å². The molecule has 168 valence electrons. The molecule has 3 nitrogen and oxygen atoms in total. The third kappa shape index (κ3) is 9.45. The Labute approximate surface area is 229 Å². The topological polar surface area (TPSA) is 30.7 Å². The predicted molar refractivity (Wildman–Crippen MR) is 128 cm³/mol. The predicted octanol–water partition coefficient (Wildman–Crippen LogP) is 4.87. The Morgan fingerprint density at radius 1 is 0.559 bits per heavy atom. The van der Waals surface area contributed by atoms with Crippen LogP contribution in [0, 0.1) is 127 Å². The zero-order valence-electron chi connectivity index (χ0n) is 18.5. The van der Waals surface area contributed by atoms with Crippen LogP contribution in [-0.2, 0) is 40.7 Å². The van der Waals surface area contributed by atoms with Crippen LogP contribution in [0.4, 0.5) is 0 Å². The van der Waals surface area contributed by atoms with Crippen molar-refractivity contribution >= 4 is 0 Å². The van der Waals surface area contributed by atoms with Gasteiger partial charge in [0, 0.05) is 29.9 Å². The smallest absolute Gasteiger partial charge is 0.265 e. The van der Waals surface area contributed by atoms with Crippen LogP contribution in [0.15, 0.2) is 30.6 Å². The van der Waals surface area contributed by atoms with Crippen molar-refractivity contribution < 1.29 is 34.1 Å². The normalized spacial score (nSPS) is 20.0. The van der Waals surface area contributed by atoms with Crippen molar-refractivity contribution in [3.8, 4) is 0 Å². The summed E-state index contributed by atoms with van der Waals surface area (Å²) < 4.78 is 2.06. The molecule has 4 fully saturated rings. The fourth-order valence-electron chi connectivity index (χ4n) is 3.30. The van der Waals surface area contributed by atoms with E-state index in [1.807, 2.05) is 102 Å². The molecule has 2 heterocycles. The second-order valence-electron chi connectivity index (χ2n) is 7.20. The van der Waals surface area contributed by atoms with E-state index in [1.165, 1.54) is 11.5 Å². The van der Waals surface area contributed by atoms with Crippen LogP contribution in [0.25, 0.3) is 0 Å². The second-order valence-corrected chi connectivity index (χ2v) is 7.20. The van der Waals surface area contributed by atoms with Crippen LogP contribution in [-0.4, -0.2) is 14.8 Å². The molecule has 0 aliphatic heterocycles. The molecule has 4 saturated carbocycles. The van der Waals surface area contributed by atoms with Gasteiger partial charge in [0.1, 0.15) is 0 Å². The van der Waals surface area contributed by atoms with Gasteiger partial charge in [-0.25, -0.2) is 0 Å². The fraction of sp³-hybridized carbons (Fsp3) is 0.0345. The SMILES string of the molecule is [CH]1[CH][CH][CH][CH]1.[CH]1[CH][CH][CH][CH]1.[CH]1[CH][CH][C](c2cc([C]3[CH][CH][CH][CH]3)n(Cc3ccncc3)n2)[CH]1.[Fe+2].[Fe+2]. The Hall–Kier alpha value is -0.601. The van der Waals surface area contributed by atoms with Gasteiger partial charge in [-0.2, -0.15) is 5.10 Å². The Bertz CT molecular complexity index is 732. The molecule has 0 amide bonds. The van der Waals surface area contributed by atoms with Crippen molar-refractivity contribution in [3.63, 3.8) is 0 Å². The summed E-state index contributed by atoms with van der Waals surface area (Å²) in [6.07, 6.45) is 40.3. The van der Waals surface area contributed by atoms with Crippen LogP contribution < -0.4 is 0 Å². The van der Waals surface area contributed by atoms with Crippen molar-refractivity contribution in [3.05, 3.63) is 175 Å². The molecule has 0 saturated heterocycles. The van der Waals surface area contributed by atoms with E-state index < -0.39 is 0 Å². The van der Waals surface area contributed by atoms with Gasteiger partial charge in [0.25, 0.3) is 0 Å². The monoisotopic (exact) mass is 527 g/mol. The molecule has 4 aliphatic rings. The van der Waals surface area contributed by atoms with Crippen LogP contribution in [0.1, 0.15) is 17.0 Å². The van der Waals surface area contributed by atoms with Crippen molar-refractivity contribution in [2.45, 2.75) is 6.54 Å². The Morgan fingerprint density at radius 3 is 1.47 bits per heavy atom. The number of nitrogens with zero attached hydrogens (tertiary/aromatic N) is 3. The summed E-state index contributed by atoms with van der Waals surface area (Å²) >= 11 is 0. The van der Waals surface area contributed by atoms with Crippen molar-refractivity contribution in [2.75, 3.05) is 0 Å². The van der Waals surface area contributed by atoms with E-state index in [4.69, 9.17) is 5.10 Å². The van der Waals surface area contributed by atoms with Crippen LogP contribution >= 0.6 is 0 Å². The minimum absolute atomic E-state index is 0. The Balaban J connectivity index is 0.000000283. The van der Waals surface area contributed by atoms with E-state index >= 15 is 0 Å². The summed E-state index contributed by atoms with van der Waals surface area (Å²) in [4.78, 5) is 4.08. The Morgan fingerprint density at radius 2 is 1.00 bits per heavy atom. The largest absolute Gasteiger partial charge is 2.00 e. The summed E-state index contributed by atoms with van der Waals surface area (Å²) in [5.41, 5.74) is 3.34. The van der Waals surface area contributed by atoms with Crippen molar-refractivity contribution in [2.24, 2.45) is 0 Å². The Kier molecular flexibility index (Phi) is 14.8. The number of rotatable bonds is 4. The molecule has 20 radical (unpaired) electrons. The first-order valence-electron chi connectivity index (χ1n) is 10.6. The standard InChI is InChI=1S/C19H15N3.2C5H5.2Fe/c1-2-6-16(5-1)18-13-19(17-7-3-4-8-17)22(21-18)14-15-9-11-20-12-10-15;2*1-2-4-5-3-1;;/h1-13H,14H2;2*1-5H;;/q;;;2*+2.